The molecule has 5 aromatic rings. The van der Waals surface area contributed by atoms with Gasteiger partial charge in [-0.1, -0.05) is 31.5 Å². The van der Waals surface area contributed by atoms with E-state index in [0.717, 1.165) is 52.9 Å². The molecule has 2 N–H and O–H groups in total. The van der Waals surface area contributed by atoms with E-state index in [2.05, 4.69) is 36.8 Å². The van der Waals surface area contributed by atoms with Crippen molar-refractivity contribution in [3.63, 3.8) is 0 Å². The number of nitrogens with one attached hydrogen (secondary N) is 2. The van der Waals surface area contributed by atoms with Gasteiger partial charge in [0.2, 0.25) is 0 Å². The summed E-state index contributed by atoms with van der Waals surface area (Å²) in [5.74, 6) is 1.75. The summed E-state index contributed by atoms with van der Waals surface area (Å²) < 4.78 is 7.83. The first-order valence-corrected chi connectivity index (χ1v) is 10.7. The summed E-state index contributed by atoms with van der Waals surface area (Å²) in [4.78, 5) is 20.4. The number of H-pyrrole nitrogens is 1. The average molecular weight is 414 g/mol. The van der Waals surface area contributed by atoms with Crippen LogP contribution in [0.1, 0.15) is 48.5 Å². The minimum atomic E-state index is -0.167. The summed E-state index contributed by atoms with van der Waals surface area (Å²) in [6.45, 7) is 2.19. The highest BCUT2D eigenvalue weighted by Gasteiger charge is 2.38. The van der Waals surface area contributed by atoms with Crippen molar-refractivity contribution in [3.05, 3.63) is 60.4 Å². The van der Waals surface area contributed by atoms with Crippen molar-refractivity contribution in [2.45, 2.75) is 38.1 Å². The summed E-state index contributed by atoms with van der Waals surface area (Å²) in [7, 11) is 0. The number of rotatable bonds is 4. The molecule has 31 heavy (non-hydrogen) atoms. The summed E-state index contributed by atoms with van der Waals surface area (Å²) in [6.07, 6.45) is 6.36. The van der Waals surface area contributed by atoms with Gasteiger partial charge in [0.25, 0.3) is 5.91 Å². The molecule has 1 fully saturated rings. The van der Waals surface area contributed by atoms with Gasteiger partial charge in [-0.15, -0.1) is 10.2 Å². The fourth-order valence-electron chi connectivity index (χ4n) is 5.00. The van der Waals surface area contributed by atoms with Crippen LogP contribution in [0.5, 0.6) is 0 Å². The molecule has 0 bridgehead atoms. The number of aromatic amines is 1. The minimum absolute atomic E-state index is 0.0616. The minimum Gasteiger partial charge on any atom is -0.451 e. The van der Waals surface area contributed by atoms with Crippen LogP contribution in [0.2, 0.25) is 0 Å². The van der Waals surface area contributed by atoms with Crippen LogP contribution in [-0.2, 0) is 0 Å². The molecule has 8 nitrogen and oxygen atoms in total. The molecule has 0 aliphatic heterocycles. The van der Waals surface area contributed by atoms with Crippen LogP contribution in [-0.4, -0.2) is 36.5 Å². The summed E-state index contributed by atoms with van der Waals surface area (Å²) >= 11 is 0. The van der Waals surface area contributed by atoms with Crippen molar-refractivity contribution in [2.24, 2.45) is 5.92 Å². The SMILES string of the molecule is CC[C@@H]1C[C@H](NC(=O)c2cc3ccccc3o2)C[C@@H]1c1nnc2cnc3[nH]ccc3n12. The van der Waals surface area contributed by atoms with E-state index in [0.29, 0.717) is 11.7 Å². The second-order valence-electron chi connectivity index (χ2n) is 8.29. The smallest absolute Gasteiger partial charge is 0.287 e. The highest BCUT2D eigenvalue weighted by atomic mass is 16.3. The van der Waals surface area contributed by atoms with Gasteiger partial charge in [0, 0.05) is 23.5 Å². The van der Waals surface area contributed by atoms with E-state index in [9.17, 15) is 4.79 Å². The average Bonchev–Trinajstić information content (AvgIpc) is 3.56. The molecule has 1 saturated carbocycles. The topological polar surface area (TPSA) is 101 Å². The number of carbonyl (C=O) groups is 1. The van der Waals surface area contributed by atoms with Crippen molar-refractivity contribution in [2.75, 3.05) is 0 Å². The van der Waals surface area contributed by atoms with Crippen LogP contribution < -0.4 is 5.32 Å². The third kappa shape index (κ3) is 2.90. The second kappa shape index (κ2) is 6.94. The number of aromatic nitrogens is 5. The molecule has 1 aliphatic carbocycles. The summed E-state index contributed by atoms with van der Waals surface area (Å²) in [5, 5.41) is 13.0. The first kappa shape index (κ1) is 18.1. The zero-order valence-corrected chi connectivity index (χ0v) is 17.1. The molecule has 3 atom stereocenters. The lowest BCUT2D eigenvalue weighted by Gasteiger charge is -2.15. The normalized spacial score (nSPS) is 21.4. The Morgan fingerprint density at radius 3 is 3.03 bits per heavy atom. The van der Waals surface area contributed by atoms with Crippen LogP contribution in [0.25, 0.3) is 27.8 Å². The number of carbonyl (C=O) groups excluding carboxylic acids is 1. The van der Waals surface area contributed by atoms with E-state index in [4.69, 9.17) is 4.42 Å². The summed E-state index contributed by atoms with van der Waals surface area (Å²) in [6, 6.07) is 11.5. The fourth-order valence-corrected chi connectivity index (χ4v) is 5.00. The van der Waals surface area contributed by atoms with Gasteiger partial charge in [-0.3, -0.25) is 9.20 Å². The van der Waals surface area contributed by atoms with Crippen molar-refractivity contribution >= 4 is 33.7 Å². The third-order valence-corrected chi connectivity index (χ3v) is 6.50. The van der Waals surface area contributed by atoms with Gasteiger partial charge >= 0.3 is 0 Å². The fraction of sp³-hybridized carbons (Fsp3) is 0.304. The van der Waals surface area contributed by atoms with E-state index < -0.39 is 0 Å². The van der Waals surface area contributed by atoms with Gasteiger partial charge in [0.15, 0.2) is 17.1 Å². The number of hydrogen-bond donors (Lipinski definition) is 2. The number of fused-ring (bicyclic) bond motifs is 4. The zero-order valence-electron chi connectivity index (χ0n) is 17.1. The van der Waals surface area contributed by atoms with Crippen molar-refractivity contribution in [1.29, 1.82) is 0 Å². The molecule has 1 amide bonds. The van der Waals surface area contributed by atoms with Gasteiger partial charge in [0.05, 0.1) is 11.7 Å². The molecule has 1 aromatic carbocycles. The van der Waals surface area contributed by atoms with Crippen LogP contribution in [0.15, 0.2) is 53.2 Å². The lowest BCUT2D eigenvalue weighted by molar-refractivity contribution is 0.0911. The Bertz CT molecular complexity index is 1380. The maximum atomic E-state index is 12.9. The molecule has 0 radical (unpaired) electrons. The quantitative estimate of drug-likeness (QED) is 0.462. The molecular formula is C23H22N6O2. The Kier molecular flexibility index (Phi) is 4.05. The highest BCUT2D eigenvalue weighted by Crippen LogP contribution is 2.41. The number of nitrogens with zero attached hydrogens (tertiary/aromatic N) is 4. The van der Waals surface area contributed by atoms with Gasteiger partial charge in [-0.05, 0) is 37.0 Å². The molecule has 156 valence electrons. The molecule has 8 heteroatoms. The predicted octanol–water partition coefficient (Wildman–Crippen LogP) is 4.05. The molecule has 0 saturated heterocycles. The predicted molar refractivity (Wildman–Crippen MR) is 116 cm³/mol. The van der Waals surface area contributed by atoms with E-state index in [1.807, 2.05) is 36.5 Å². The molecule has 6 rings (SSSR count). The van der Waals surface area contributed by atoms with E-state index >= 15 is 0 Å². The first-order chi connectivity index (χ1) is 15.2. The van der Waals surface area contributed by atoms with Crippen LogP contribution in [0.4, 0.5) is 0 Å². The Balaban J connectivity index is 1.28. The molecule has 0 spiro atoms. The van der Waals surface area contributed by atoms with E-state index in [1.54, 1.807) is 12.3 Å². The van der Waals surface area contributed by atoms with Crippen LogP contribution in [0, 0.1) is 5.92 Å². The molecular weight excluding hydrogens is 392 g/mol. The largest absolute Gasteiger partial charge is 0.451 e. The molecule has 4 heterocycles. The molecule has 4 aromatic heterocycles. The van der Waals surface area contributed by atoms with Crippen LogP contribution >= 0.6 is 0 Å². The van der Waals surface area contributed by atoms with Gasteiger partial charge in [0.1, 0.15) is 11.4 Å². The maximum Gasteiger partial charge on any atom is 0.287 e. The number of para-hydroxylation sites is 1. The number of amides is 1. The van der Waals surface area contributed by atoms with Gasteiger partial charge in [-0.2, -0.15) is 0 Å². The third-order valence-electron chi connectivity index (χ3n) is 6.50. The lowest BCUT2D eigenvalue weighted by atomic mass is 9.93. The second-order valence-corrected chi connectivity index (χ2v) is 8.29. The lowest BCUT2D eigenvalue weighted by Crippen LogP contribution is -2.32. The Morgan fingerprint density at radius 2 is 2.16 bits per heavy atom. The standard InChI is InChI=1S/C23H22N6O2/c1-2-13-9-15(26-23(30)19-10-14-5-3-4-6-18(14)31-19)11-16(13)22-28-27-20-12-25-21-17(29(20)22)7-8-24-21/h3-8,10,12-13,15-16,24H,2,9,11H2,1H3,(H,26,30)/t13-,15+,16+/m1/s1. The van der Waals surface area contributed by atoms with Crippen molar-refractivity contribution < 1.29 is 9.21 Å². The Labute approximate surface area is 177 Å². The zero-order chi connectivity index (χ0) is 20.9. The van der Waals surface area contributed by atoms with Crippen LogP contribution in [0.3, 0.4) is 0 Å². The van der Waals surface area contributed by atoms with Crippen molar-refractivity contribution in [1.82, 2.24) is 29.9 Å². The summed E-state index contributed by atoms with van der Waals surface area (Å²) in [5.41, 5.74) is 3.26. The number of benzene rings is 1. The monoisotopic (exact) mass is 414 g/mol. The molecule has 1 aliphatic rings. The van der Waals surface area contributed by atoms with E-state index in [-0.39, 0.29) is 17.9 Å². The number of furan rings is 1. The van der Waals surface area contributed by atoms with Gasteiger partial charge in [-0.25, -0.2) is 4.98 Å². The Hall–Kier alpha value is -3.68. The maximum absolute atomic E-state index is 12.9. The first-order valence-electron chi connectivity index (χ1n) is 10.7. The highest BCUT2D eigenvalue weighted by molar-refractivity contribution is 5.96. The van der Waals surface area contributed by atoms with E-state index in [1.165, 1.54) is 0 Å². The van der Waals surface area contributed by atoms with Gasteiger partial charge < -0.3 is 14.7 Å². The van der Waals surface area contributed by atoms with Crippen molar-refractivity contribution in [3.8, 4) is 0 Å². The Morgan fingerprint density at radius 1 is 1.26 bits per heavy atom. The molecule has 0 unspecified atom stereocenters. The number of hydrogen-bond acceptors (Lipinski definition) is 5.